The maximum atomic E-state index is 13.3. The minimum atomic E-state index is -1.37. The van der Waals surface area contributed by atoms with Crippen molar-refractivity contribution in [3.05, 3.63) is 52.0 Å². The van der Waals surface area contributed by atoms with Gasteiger partial charge in [-0.1, -0.05) is 33.8 Å². The van der Waals surface area contributed by atoms with Gasteiger partial charge in [-0.15, -0.1) is 0 Å². The van der Waals surface area contributed by atoms with Crippen LogP contribution in [-0.4, -0.2) is 24.6 Å². The molecule has 0 N–H and O–H groups in total. The van der Waals surface area contributed by atoms with Crippen LogP contribution in [0.4, 0.5) is 0 Å². The quantitative estimate of drug-likeness (QED) is 0.739. The number of benzene rings is 1. The summed E-state index contributed by atoms with van der Waals surface area (Å²) in [6, 6.07) is 4.72. The summed E-state index contributed by atoms with van der Waals surface area (Å²) in [7, 11) is 1.39. The molecule has 4 rings (SSSR count). The van der Waals surface area contributed by atoms with Crippen LogP contribution in [0, 0.1) is 10.8 Å². The topological polar surface area (TPSA) is 92.7 Å². The first-order valence-corrected chi connectivity index (χ1v) is 10.5. The number of hydrogen-bond donors (Lipinski definition) is 0. The minimum Gasteiger partial charge on any atom is -0.545 e. The summed E-state index contributed by atoms with van der Waals surface area (Å²) in [5, 5.41) is 11.7. The van der Waals surface area contributed by atoms with Gasteiger partial charge in [0, 0.05) is 48.3 Å². The van der Waals surface area contributed by atoms with Gasteiger partial charge in [0.05, 0.1) is 13.1 Å². The van der Waals surface area contributed by atoms with Crippen LogP contribution in [0.3, 0.4) is 0 Å². The van der Waals surface area contributed by atoms with Crippen molar-refractivity contribution in [2.45, 2.75) is 59.3 Å². The summed E-state index contributed by atoms with van der Waals surface area (Å²) in [6.45, 7) is 8.09. The zero-order valence-corrected chi connectivity index (χ0v) is 18.6. The molecule has 1 aromatic rings. The van der Waals surface area contributed by atoms with E-state index in [-0.39, 0.29) is 33.7 Å². The van der Waals surface area contributed by atoms with Crippen molar-refractivity contribution < 1.29 is 29.0 Å². The van der Waals surface area contributed by atoms with E-state index in [0.29, 0.717) is 53.9 Å². The van der Waals surface area contributed by atoms with E-state index in [1.807, 2.05) is 27.7 Å². The van der Waals surface area contributed by atoms with Crippen molar-refractivity contribution in [2.24, 2.45) is 10.8 Å². The molecule has 0 fully saturated rings. The fourth-order valence-corrected chi connectivity index (χ4v) is 5.07. The van der Waals surface area contributed by atoms with Crippen molar-refractivity contribution in [3.8, 4) is 5.75 Å². The number of carbonyl (C=O) groups is 3. The molecular weight excluding hydrogens is 396 g/mol. The lowest BCUT2D eigenvalue weighted by atomic mass is 9.65. The van der Waals surface area contributed by atoms with Gasteiger partial charge in [-0.25, -0.2) is 0 Å². The summed E-state index contributed by atoms with van der Waals surface area (Å²) in [5.74, 6) is -0.775. The summed E-state index contributed by atoms with van der Waals surface area (Å²) in [5.41, 5.74) is 0.902. The lowest BCUT2D eigenvalue weighted by Crippen LogP contribution is -2.37. The number of hydrogen-bond acceptors (Lipinski definition) is 6. The molecule has 1 heterocycles. The Labute approximate surface area is 181 Å². The normalized spacial score (nSPS) is 22.6. The van der Waals surface area contributed by atoms with Gasteiger partial charge in [-0.2, -0.15) is 0 Å². The van der Waals surface area contributed by atoms with Crippen LogP contribution in [0.5, 0.6) is 5.75 Å². The third-order valence-electron chi connectivity index (χ3n) is 6.36. The number of carboxylic acid groups (broad SMARTS) is 1. The minimum absolute atomic E-state index is 0.0637. The highest BCUT2D eigenvalue weighted by Crippen LogP contribution is 2.53. The molecule has 3 aliphatic rings. The Morgan fingerprint density at radius 2 is 1.48 bits per heavy atom. The fourth-order valence-electron chi connectivity index (χ4n) is 5.07. The van der Waals surface area contributed by atoms with E-state index < -0.39 is 11.9 Å². The molecule has 0 radical (unpaired) electrons. The second kappa shape index (κ2) is 7.08. The Kier molecular flexibility index (Phi) is 4.87. The van der Waals surface area contributed by atoms with Gasteiger partial charge in [-0.05, 0) is 28.5 Å². The average Bonchev–Trinajstić information content (AvgIpc) is 2.63. The molecule has 164 valence electrons. The maximum Gasteiger partial charge on any atom is 0.163 e. The van der Waals surface area contributed by atoms with Crippen LogP contribution in [0.25, 0.3) is 0 Å². The van der Waals surface area contributed by atoms with Crippen molar-refractivity contribution >= 4 is 17.5 Å². The van der Waals surface area contributed by atoms with E-state index in [0.717, 1.165) is 0 Å². The molecule has 0 atom stereocenters. The molecular formula is C25H27O6-. The summed E-state index contributed by atoms with van der Waals surface area (Å²) in [6.07, 6.45) is 1.86. The van der Waals surface area contributed by atoms with E-state index in [4.69, 9.17) is 9.47 Å². The van der Waals surface area contributed by atoms with E-state index in [9.17, 15) is 19.5 Å². The SMILES string of the molecule is COc1ccc(C2C3=C(CC(C)(C)CC3=O)OC3=C2C(=O)CC(C)(C)C3)cc1C(=O)[O-]. The highest BCUT2D eigenvalue weighted by molar-refractivity contribution is 6.06. The Balaban J connectivity index is 1.94. The summed E-state index contributed by atoms with van der Waals surface area (Å²) in [4.78, 5) is 38.2. The van der Waals surface area contributed by atoms with Crippen molar-refractivity contribution in [1.29, 1.82) is 0 Å². The average molecular weight is 423 g/mol. The Hall–Kier alpha value is -2.89. The third kappa shape index (κ3) is 3.68. The zero-order chi connectivity index (χ0) is 22.7. The zero-order valence-electron chi connectivity index (χ0n) is 18.6. The Bertz CT molecular complexity index is 1020. The van der Waals surface area contributed by atoms with Crippen LogP contribution < -0.4 is 9.84 Å². The first kappa shape index (κ1) is 21.3. The largest absolute Gasteiger partial charge is 0.545 e. The molecule has 0 saturated carbocycles. The third-order valence-corrected chi connectivity index (χ3v) is 6.36. The Morgan fingerprint density at radius 1 is 0.968 bits per heavy atom. The van der Waals surface area contributed by atoms with Crippen LogP contribution in [0.1, 0.15) is 75.2 Å². The predicted octanol–water partition coefficient (Wildman–Crippen LogP) is 3.46. The van der Waals surface area contributed by atoms with Crippen molar-refractivity contribution in [3.63, 3.8) is 0 Å². The molecule has 1 aliphatic heterocycles. The molecule has 31 heavy (non-hydrogen) atoms. The number of carboxylic acids is 1. The van der Waals surface area contributed by atoms with Gasteiger partial charge < -0.3 is 19.4 Å². The number of carbonyl (C=O) groups excluding carboxylic acids is 3. The van der Waals surface area contributed by atoms with Gasteiger partial charge >= 0.3 is 0 Å². The number of ketones is 2. The maximum absolute atomic E-state index is 13.3. The van der Waals surface area contributed by atoms with Crippen LogP contribution in [0.15, 0.2) is 40.9 Å². The van der Waals surface area contributed by atoms with Gasteiger partial charge in [0.15, 0.2) is 11.6 Å². The van der Waals surface area contributed by atoms with E-state index in [1.165, 1.54) is 13.2 Å². The second-order valence-electron chi connectivity index (χ2n) is 10.3. The molecule has 0 aromatic heterocycles. The first-order valence-electron chi connectivity index (χ1n) is 10.5. The summed E-state index contributed by atoms with van der Waals surface area (Å²) < 4.78 is 11.4. The molecule has 0 unspecified atom stereocenters. The molecule has 6 nitrogen and oxygen atoms in total. The van der Waals surface area contributed by atoms with Crippen molar-refractivity contribution in [1.82, 2.24) is 0 Å². The molecule has 6 heteroatoms. The highest BCUT2D eigenvalue weighted by Gasteiger charge is 2.47. The van der Waals surface area contributed by atoms with Gasteiger partial charge in [-0.3, -0.25) is 9.59 Å². The molecule has 0 saturated heterocycles. The standard InChI is InChI=1S/C25H28O6/c1-24(2)9-15(26)21-18(11-24)31-19-12-25(3,4)10-16(27)22(19)20(21)13-6-7-17(30-5)14(8-13)23(28)29/h6-8,20H,9-12H2,1-5H3,(H,28,29)/p-1. The number of rotatable bonds is 3. The van der Waals surface area contributed by atoms with E-state index >= 15 is 0 Å². The summed E-state index contributed by atoms with van der Waals surface area (Å²) >= 11 is 0. The van der Waals surface area contributed by atoms with E-state index in [1.54, 1.807) is 12.1 Å². The lowest BCUT2D eigenvalue weighted by molar-refractivity contribution is -0.255. The van der Waals surface area contributed by atoms with Gasteiger partial charge in [0.25, 0.3) is 0 Å². The number of ether oxygens (including phenoxy) is 2. The monoisotopic (exact) mass is 423 g/mol. The van der Waals surface area contributed by atoms with Gasteiger partial charge in [0.1, 0.15) is 17.3 Å². The smallest absolute Gasteiger partial charge is 0.163 e. The molecule has 0 amide bonds. The number of methoxy groups -OCH3 is 1. The van der Waals surface area contributed by atoms with Crippen molar-refractivity contribution in [2.75, 3.05) is 7.11 Å². The van der Waals surface area contributed by atoms with Crippen LogP contribution >= 0.6 is 0 Å². The molecule has 0 bridgehead atoms. The molecule has 1 aromatic carbocycles. The fraction of sp³-hybridized carbons (Fsp3) is 0.480. The van der Waals surface area contributed by atoms with Gasteiger partial charge in [0.2, 0.25) is 0 Å². The lowest BCUT2D eigenvalue weighted by Gasteiger charge is -2.42. The Morgan fingerprint density at radius 3 is 1.94 bits per heavy atom. The molecule has 0 spiro atoms. The molecule has 2 aliphatic carbocycles. The van der Waals surface area contributed by atoms with E-state index in [2.05, 4.69) is 0 Å². The second-order valence-corrected chi connectivity index (χ2v) is 10.3. The van der Waals surface area contributed by atoms with Crippen LogP contribution in [0.2, 0.25) is 0 Å². The number of allylic oxidation sites excluding steroid dienone is 4. The predicted molar refractivity (Wildman–Crippen MR) is 111 cm³/mol. The number of aromatic carboxylic acids is 1. The number of Topliss-reactive ketones (excluding diaryl/α,β-unsaturated/α-hetero) is 2. The van der Waals surface area contributed by atoms with Crippen LogP contribution in [-0.2, 0) is 14.3 Å². The highest BCUT2D eigenvalue weighted by atomic mass is 16.5. The first-order chi connectivity index (χ1) is 14.4.